The Hall–Kier alpha value is -1.75. The Morgan fingerprint density at radius 3 is 2.96 bits per heavy atom. The van der Waals surface area contributed by atoms with E-state index in [-0.39, 0.29) is 23.8 Å². The largest absolute Gasteiger partial charge is 0.469 e. The van der Waals surface area contributed by atoms with Gasteiger partial charge in [-0.3, -0.25) is 9.48 Å². The van der Waals surface area contributed by atoms with Gasteiger partial charge in [-0.05, 0) is 38.3 Å². The molecular formula is C17H20ClN3O2. The second-order valence-corrected chi connectivity index (χ2v) is 6.93. The number of rotatable bonds is 3. The van der Waals surface area contributed by atoms with E-state index in [1.165, 1.54) is 0 Å². The lowest BCUT2D eigenvalue weighted by Crippen LogP contribution is -2.32. The summed E-state index contributed by atoms with van der Waals surface area (Å²) in [5, 5.41) is 5.04. The van der Waals surface area contributed by atoms with Crippen LogP contribution in [0.1, 0.15) is 48.2 Å². The van der Waals surface area contributed by atoms with Crippen molar-refractivity contribution in [1.29, 1.82) is 0 Å². The van der Waals surface area contributed by atoms with Gasteiger partial charge in [-0.2, -0.15) is 5.10 Å². The summed E-state index contributed by atoms with van der Waals surface area (Å²) in [5.74, 6) is 1.45. The van der Waals surface area contributed by atoms with Crippen molar-refractivity contribution in [2.45, 2.75) is 38.1 Å². The molecule has 0 bridgehead atoms. The number of hydrogen-bond donors (Lipinski definition) is 0. The van der Waals surface area contributed by atoms with E-state index in [1.54, 1.807) is 10.9 Å². The van der Waals surface area contributed by atoms with E-state index in [1.807, 2.05) is 31.0 Å². The summed E-state index contributed by atoms with van der Waals surface area (Å²) in [6.07, 6.45) is 4.53. The van der Waals surface area contributed by atoms with Gasteiger partial charge < -0.3 is 9.32 Å². The molecule has 1 aliphatic carbocycles. The molecule has 2 fully saturated rings. The van der Waals surface area contributed by atoms with Crippen LogP contribution in [0.25, 0.3) is 0 Å². The molecule has 0 radical (unpaired) electrons. The quantitative estimate of drug-likeness (QED) is 0.864. The van der Waals surface area contributed by atoms with Gasteiger partial charge in [0.05, 0.1) is 18.0 Å². The van der Waals surface area contributed by atoms with E-state index in [9.17, 15) is 4.79 Å². The van der Waals surface area contributed by atoms with Gasteiger partial charge in [0.2, 0.25) is 5.91 Å². The minimum absolute atomic E-state index is 0.0532. The van der Waals surface area contributed by atoms with Gasteiger partial charge in [-0.15, -0.1) is 0 Å². The highest BCUT2D eigenvalue weighted by Gasteiger charge is 2.49. The molecule has 1 aliphatic heterocycles. The van der Waals surface area contributed by atoms with Gasteiger partial charge in [0.15, 0.2) is 0 Å². The van der Waals surface area contributed by atoms with Crippen molar-refractivity contribution in [2.75, 3.05) is 6.54 Å². The highest BCUT2D eigenvalue weighted by atomic mass is 35.5. The Bertz CT molecular complexity index is 737. The molecule has 2 aromatic heterocycles. The molecule has 3 heterocycles. The van der Waals surface area contributed by atoms with Crippen molar-refractivity contribution in [1.82, 2.24) is 14.7 Å². The molecule has 5 nitrogen and oxygen atoms in total. The first kappa shape index (κ1) is 14.8. The number of amides is 1. The first-order valence-electron chi connectivity index (χ1n) is 8.10. The monoisotopic (exact) mass is 333 g/mol. The van der Waals surface area contributed by atoms with Crippen LogP contribution in [-0.2, 0) is 11.8 Å². The molecule has 2 aliphatic rings. The van der Waals surface area contributed by atoms with Crippen LogP contribution in [-0.4, -0.2) is 27.1 Å². The third-order valence-corrected chi connectivity index (χ3v) is 5.53. The summed E-state index contributed by atoms with van der Waals surface area (Å²) in [7, 11) is 1.84. The average Bonchev–Trinajstić information content (AvgIpc) is 2.90. The number of halogens is 1. The molecule has 0 unspecified atom stereocenters. The molecule has 0 aromatic carbocycles. The first-order valence-corrected chi connectivity index (χ1v) is 8.48. The smallest absolute Gasteiger partial charge is 0.226 e. The lowest BCUT2D eigenvalue weighted by Gasteiger charge is -2.25. The fourth-order valence-corrected chi connectivity index (χ4v) is 4.15. The Morgan fingerprint density at radius 2 is 2.30 bits per heavy atom. The Kier molecular flexibility index (Phi) is 3.48. The third kappa shape index (κ3) is 2.38. The van der Waals surface area contributed by atoms with Crippen LogP contribution >= 0.6 is 11.6 Å². The number of furan rings is 1. The van der Waals surface area contributed by atoms with E-state index in [4.69, 9.17) is 16.0 Å². The maximum absolute atomic E-state index is 12.9. The normalized spacial score (nSPS) is 26.7. The van der Waals surface area contributed by atoms with E-state index >= 15 is 0 Å². The first-order chi connectivity index (χ1) is 11.1. The van der Waals surface area contributed by atoms with Gasteiger partial charge in [-0.25, -0.2) is 0 Å². The molecule has 1 amide bonds. The van der Waals surface area contributed by atoms with E-state index in [2.05, 4.69) is 5.10 Å². The number of aryl methyl sites for hydroxylation is 2. The minimum atomic E-state index is 0.0532. The fourth-order valence-electron chi connectivity index (χ4n) is 3.85. The Morgan fingerprint density at radius 1 is 1.48 bits per heavy atom. The SMILES string of the molecule is Cc1nn(C)c(Cl)c1[C@@H]1CCCN1C(=O)[C@@H]1C[C@@H]1c1ccco1. The summed E-state index contributed by atoms with van der Waals surface area (Å²) in [4.78, 5) is 14.9. The second-order valence-electron chi connectivity index (χ2n) is 6.57. The number of carbonyl (C=O) groups excluding carboxylic acids is 1. The minimum Gasteiger partial charge on any atom is -0.469 e. The lowest BCUT2D eigenvalue weighted by atomic mass is 10.1. The second kappa shape index (κ2) is 5.41. The molecule has 1 saturated carbocycles. The van der Waals surface area contributed by atoms with Crippen LogP contribution in [0.15, 0.2) is 22.8 Å². The molecule has 1 saturated heterocycles. The molecule has 4 rings (SSSR count). The lowest BCUT2D eigenvalue weighted by molar-refractivity contribution is -0.133. The standard InChI is InChI=1S/C17H20ClN3O2/c1-10-15(16(18)20(2)19-10)13-5-3-7-21(13)17(22)12-9-11(12)14-6-4-8-23-14/h4,6,8,11-13H,3,5,7,9H2,1-2H3/t11-,12+,13-/m0/s1. The summed E-state index contributed by atoms with van der Waals surface area (Å²) >= 11 is 6.42. The number of carbonyl (C=O) groups is 1. The van der Waals surface area contributed by atoms with E-state index in [0.717, 1.165) is 42.8 Å². The summed E-state index contributed by atoms with van der Waals surface area (Å²) in [6.45, 7) is 2.76. The number of aromatic nitrogens is 2. The van der Waals surface area contributed by atoms with Crippen LogP contribution in [0, 0.1) is 12.8 Å². The van der Waals surface area contributed by atoms with Crippen molar-refractivity contribution in [3.8, 4) is 0 Å². The molecule has 122 valence electrons. The molecule has 3 atom stereocenters. The van der Waals surface area contributed by atoms with Gasteiger partial charge in [0.25, 0.3) is 0 Å². The van der Waals surface area contributed by atoms with Crippen LogP contribution in [0.4, 0.5) is 0 Å². The van der Waals surface area contributed by atoms with Crippen LogP contribution in [0.5, 0.6) is 0 Å². The van der Waals surface area contributed by atoms with Gasteiger partial charge in [0.1, 0.15) is 10.9 Å². The maximum Gasteiger partial charge on any atom is 0.226 e. The molecule has 2 aromatic rings. The maximum atomic E-state index is 12.9. The third-order valence-electron chi connectivity index (χ3n) is 5.08. The molecule has 23 heavy (non-hydrogen) atoms. The predicted octanol–water partition coefficient (Wildman–Crippen LogP) is 3.44. The topological polar surface area (TPSA) is 51.3 Å². The van der Waals surface area contributed by atoms with Crippen molar-refractivity contribution in [3.63, 3.8) is 0 Å². The van der Waals surface area contributed by atoms with Crippen LogP contribution < -0.4 is 0 Å². The summed E-state index contributed by atoms with van der Waals surface area (Å²) < 4.78 is 7.14. The van der Waals surface area contributed by atoms with Gasteiger partial charge in [-0.1, -0.05) is 11.6 Å². The predicted molar refractivity (Wildman–Crippen MR) is 86.2 cm³/mol. The van der Waals surface area contributed by atoms with Crippen molar-refractivity contribution >= 4 is 17.5 Å². The van der Waals surface area contributed by atoms with E-state index in [0.29, 0.717) is 5.15 Å². The van der Waals surface area contributed by atoms with Crippen LogP contribution in [0.3, 0.4) is 0 Å². The summed E-state index contributed by atoms with van der Waals surface area (Å²) in [5.41, 5.74) is 1.93. The van der Waals surface area contributed by atoms with E-state index < -0.39 is 0 Å². The van der Waals surface area contributed by atoms with Crippen molar-refractivity contribution in [3.05, 3.63) is 40.6 Å². The molecule has 0 spiro atoms. The zero-order valence-electron chi connectivity index (χ0n) is 13.3. The van der Waals surface area contributed by atoms with Crippen molar-refractivity contribution < 1.29 is 9.21 Å². The number of nitrogens with zero attached hydrogens (tertiary/aromatic N) is 3. The fraction of sp³-hybridized carbons (Fsp3) is 0.529. The number of likely N-dealkylation sites (tertiary alicyclic amines) is 1. The molecule has 6 heteroatoms. The van der Waals surface area contributed by atoms with Gasteiger partial charge >= 0.3 is 0 Å². The summed E-state index contributed by atoms with van der Waals surface area (Å²) in [6, 6.07) is 3.90. The number of hydrogen-bond acceptors (Lipinski definition) is 3. The molecule has 0 N–H and O–H groups in total. The van der Waals surface area contributed by atoms with Gasteiger partial charge in [0, 0.05) is 31.0 Å². The zero-order valence-corrected chi connectivity index (χ0v) is 14.1. The highest BCUT2D eigenvalue weighted by Crippen LogP contribution is 2.50. The highest BCUT2D eigenvalue weighted by molar-refractivity contribution is 6.30. The average molecular weight is 334 g/mol. The van der Waals surface area contributed by atoms with Crippen LogP contribution in [0.2, 0.25) is 5.15 Å². The Labute approximate surface area is 140 Å². The van der Waals surface area contributed by atoms with Crippen molar-refractivity contribution in [2.24, 2.45) is 13.0 Å². The Balaban J connectivity index is 1.55. The molecular weight excluding hydrogens is 314 g/mol. The zero-order chi connectivity index (χ0) is 16.1.